The van der Waals surface area contributed by atoms with Crippen molar-refractivity contribution in [1.29, 1.82) is 0 Å². The van der Waals surface area contributed by atoms with Crippen molar-refractivity contribution >= 4 is 16.9 Å². The van der Waals surface area contributed by atoms with Crippen molar-refractivity contribution in [3.8, 4) is 5.75 Å². The van der Waals surface area contributed by atoms with Crippen LogP contribution < -0.4 is 0 Å². The molecule has 1 aliphatic carbocycles. The molecule has 1 aliphatic rings. The molecular formula is C23H16O2. The number of aromatic hydroxyl groups is 1. The first-order chi connectivity index (χ1) is 12.3. The predicted octanol–water partition coefficient (Wildman–Crippen LogP) is 5.10. The van der Waals surface area contributed by atoms with Crippen LogP contribution >= 0.6 is 0 Å². The maximum atomic E-state index is 12.3. The number of rotatable bonds is 2. The number of phenolic OH excluding ortho intramolecular Hbond substituents is 1. The third-order valence-corrected chi connectivity index (χ3v) is 4.37. The van der Waals surface area contributed by atoms with E-state index in [-0.39, 0.29) is 11.5 Å². The fourth-order valence-electron chi connectivity index (χ4n) is 3.26. The molecule has 0 amide bonds. The number of fused-ring (bicyclic) bond motifs is 1. The molecule has 3 aromatic rings. The maximum absolute atomic E-state index is 12.3. The van der Waals surface area contributed by atoms with Crippen LogP contribution in [-0.2, 0) is 0 Å². The second-order valence-corrected chi connectivity index (χ2v) is 5.92. The molecule has 0 bridgehead atoms. The van der Waals surface area contributed by atoms with Crippen molar-refractivity contribution in [3.05, 3.63) is 113 Å². The second kappa shape index (κ2) is 6.25. The molecule has 0 aliphatic heterocycles. The van der Waals surface area contributed by atoms with Gasteiger partial charge in [0.1, 0.15) is 5.75 Å². The molecule has 0 unspecified atom stereocenters. The van der Waals surface area contributed by atoms with E-state index < -0.39 is 0 Å². The van der Waals surface area contributed by atoms with E-state index in [9.17, 15) is 9.90 Å². The zero-order chi connectivity index (χ0) is 17.2. The summed E-state index contributed by atoms with van der Waals surface area (Å²) in [6.07, 6.45) is 3.38. The van der Waals surface area contributed by atoms with Gasteiger partial charge in [-0.3, -0.25) is 4.79 Å². The Morgan fingerprint density at radius 2 is 1.28 bits per heavy atom. The molecule has 0 fully saturated rings. The Labute approximate surface area is 146 Å². The molecule has 4 rings (SSSR count). The van der Waals surface area contributed by atoms with E-state index in [1.54, 1.807) is 12.1 Å². The molecule has 2 heteroatoms. The largest absolute Gasteiger partial charge is 0.507 e. The van der Waals surface area contributed by atoms with Crippen molar-refractivity contribution < 1.29 is 9.90 Å². The van der Waals surface area contributed by atoms with Crippen LogP contribution in [0.15, 0.2) is 91.0 Å². The summed E-state index contributed by atoms with van der Waals surface area (Å²) in [5, 5.41) is 10.2. The first-order valence-corrected chi connectivity index (χ1v) is 8.15. The maximum Gasteiger partial charge on any atom is 0.190 e. The Kier molecular flexibility index (Phi) is 3.79. The van der Waals surface area contributed by atoms with Crippen molar-refractivity contribution in [2.45, 2.75) is 0 Å². The third-order valence-electron chi connectivity index (χ3n) is 4.37. The zero-order valence-corrected chi connectivity index (χ0v) is 13.5. The van der Waals surface area contributed by atoms with Crippen molar-refractivity contribution in [3.63, 3.8) is 0 Å². The number of ketones is 1. The molecule has 3 aromatic carbocycles. The Morgan fingerprint density at radius 3 is 1.88 bits per heavy atom. The average Bonchev–Trinajstić information content (AvgIpc) is 2.66. The summed E-state index contributed by atoms with van der Waals surface area (Å²) in [4.78, 5) is 12.3. The van der Waals surface area contributed by atoms with Crippen LogP contribution in [0.2, 0.25) is 0 Å². The highest BCUT2D eigenvalue weighted by Crippen LogP contribution is 2.39. The van der Waals surface area contributed by atoms with E-state index in [4.69, 9.17) is 0 Å². The van der Waals surface area contributed by atoms with Gasteiger partial charge in [0.25, 0.3) is 0 Å². The highest BCUT2D eigenvalue weighted by Gasteiger charge is 2.23. The summed E-state index contributed by atoms with van der Waals surface area (Å²) in [6.45, 7) is 0. The molecule has 0 radical (unpaired) electrons. The van der Waals surface area contributed by atoms with Crippen LogP contribution in [0.3, 0.4) is 0 Å². The van der Waals surface area contributed by atoms with E-state index in [0.29, 0.717) is 5.56 Å². The number of phenols is 1. The fourth-order valence-corrected chi connectivity index (χ4v) is 3.26. The molecule has 25 heavy (non-hydrogen) atoms. The van der Waals surface area contributed by atoms with Crippen LogP contribution in [-0.4, -0.2) is 10.9 Å². The quantitative estimate of drug-likeness (QED) is 0.712. The smallest absolute Gasteiger partial charge is 0.190 e. The lowest BCUT2D eigenvalue weighted by Gasteiger charge is -2.19. The van der Waals surface area contributed by atoms with Crippen LogP contribution in [0.1, 0.15) is 27.0 Å². The lowest BCUT2D eigenvalue weighted by atomic mass is 9.84. The molecule has 1 N–H and O–H groups in total. The van der Waals surface area contributed by atoms with Crippen molar-refractivity contribution in [2.75, 3.05) is 0 Å². The van der Waals surface area contributed by atoms with E-state index in [1.807, 2.05) is 48.5 Å². The molecule has 0 aromatic heterocycles. The van der Waals surface area contributed by atoms with Crippen LogP contribution in [0.5, 0.6) is 5.75 Å². The van der Waals surface area contributed by atoms with Gasteiger partial charge in [-0.05, 0) is 46.1 Å². The molecule has 0 atom stereocenters. The van der Waals surface area contributed by atoms with Gasteiger partial charge in [-0.1, -0.05) is 72.8 Å². The van der Waals surface area contributed by atoms with Gasteiger partial charge in [0, 0.05) is 0 Å². The Hall–Kier alpha value is -3.39. The van der Waals surface area contributed by atoms with Crippen LogP contribution in [0.25, 0.3) is 11.1 Å². The summed E-state index contributed by atoms with van der Waals surface area (Å²) in [5.74, 6) is -0.151. The van der Waals surface area contributed by atoms with Crippen molar-refractivity contribution in [1.82, 2.24) is 0 Å². The normalized spacial score (nSPS) is 12.8. The third kappa shape index (κ3) is 2.68. The summed E-state index contributed by atoms with van der Waals surface area (Å²) >= 11 is 0. The van der Waals surface area contributed by atoms with Gasteiger partial charge in [0.15, 0.2) is 5.78 Å². The standard InChI is InChI=1S/C23H16O2/c24-20-13-7-12-18-19(14-15-21(25)23(18)20)22(16-8-3-1-4-9-16)17-10-5-2-6-11-17/h1-15,24H. The number of hydrogen-bond donors (Lipinski definition) is 1. The van der Waals surface area contributed by atoms with Crippen molar-refractivity contribution in [2.24, 2.45) is 0 Å². The predicted molar refractivity (Wildman–Crippen MR) is 100 cm³/mol. The number of carbonyl (C=O) groups is 1. The highest BCUT2D eigenvalue weighted by molar-refractivity contribution is 6.18. The minimum absolute atomic E-state index is 0.0184. The van der Waals surface area contributed by atoms with Gasteiger partial charge in [-0.25, -0.2) is 0 Å². The minimum Gasteiger partial charge on any atom is -0.507 e. The van der Waals surface area contributed by atoms with Gasteiger partial charge in [0.05, 0.1) is 5.56 Å². The number of carbonyl (C=O) groups excluding carboxylic acids is 1. The summed E-state index contributed by atoms with van der Waals surface area (Å²) in [7, 11) is 0. The topological polar surface area (TPSA) is 37.3 Å². The summed E-state index contributed by atoms with van der Waals surface area (Å²) in [6, 6.07) is 25.4. The average molecular weight is 324 g/mol. The number of allylic oxidation sites excluding steroid dienone is 3. The van der Waals surface area contributed by atoms with E-state index in [0.717, 1.165) is 27.8 Å². The molecule has 0 spiro atoms. The lowest BCUT2D eigenvalue weighted by Crippen LogP contribution is -2.07. The van der Waals surface area contributed by atoms with Gasteiger partial charge in [-0.2, -0.15) is 0 Å². The fraction of sp³-hybridized carbons (Fsp3) is 0. The Bertz CT molecular complexity index is 955. The van der Waals surface area contributed by atoms with Gasteiger partial charge >= 0.3 is 0 Å². The molecule has 0 saturated carbocycles. The first kappa shape index (κ1) is 15.2. The lowest BCUT2D eigenvalue weighted by molar-refractivity contribution is 0.104. The van der Waals surface area contributed by atoms with E-state index >= 15 is 0 Å². The molecule has 0 saturated heterocycles. The van der Waals surface area contributed by atoms with Crippen LogP contribution in [0.4, 0.5) is 0 Å². The molecule has 0 heterocycles. The zero-order valence-electron chi connectivity index (χ0n) is 13.5. The van der Waals surface area contributed by atoms with Gasteiger partial charge in [-0.15, -0.1) is 0 Å². The van der Waals surface area contributed by atoms with Crippen LogP contribution in [0, 0.1) is 0 Å². The Balaban J connectivity index is 2.07. The first-order valence-electron chi connectivity index (χ1n) is 8.15. The van der Waals surface area contributed by atoms with Gasteiger partial charge in [0.2, 0.25) is 0 Å². The highest BCUT2D eigenvalue weighted by atomic mass is 16.3. The second-order valence-electron chi connectivity index (χ2n) is 5.92. The van der Waals surface area contributed by atoms with E-state index in [1.165, 1.54) is 6.08 Å². The SMILES string of the molecule is O=C1C=CC(=C(c2ccccc2)c2ccccc2)c2cccc(O)c21. The minimum atomic E-state index is -0.169. The molecular weight excluding hydrogens is 308 g/mol. The monoisotopic (exact) mass is 324 g/mol. The molecule has 120 valence electrons. The summed E-state index contributed by atoms with van der Waals surface area (Å²) < 4.78 is 0. The number of hydrogen-bond acceptors (Lipinski definition) is 2. The summed E-state index contributed by atoms with van der Waals surface area (Å²) in [5.41, 5.74) is 5.23. The van der Waals surface area contributed by atoms with Gasteiger partial charge < -0.3 is 5.11 Å². The molecule has 2 nitrogen and oxygen atoms in total. The van der Waals surface area contributed by atoms with E-state index in [2.05, 4.69) is 24.3 Å². The Morgan fingerprint density at radius 1 is 0.680 bits per heavy atom. The number of benzene rings is 3.